The molecule has 1 aromatic heterocycles. The van der Waals surface area contributed by atoms with Crippen LogP contribution in [-0.2, 0) is 21.7 Å². The SMILES string of the molecule is CC(C)c1ccsc1[Si](C)(C)C1=[C-]CC=C1.[Cl-].[Cl-].[Ti+3]. The number of rotatable bonds is 3. The maximum Gasteiger partial charge on any atom is 3.00 e. The molecule has 0 unspecified atom stereocenters. The fourth-order valence-corrected chi connectivity index (χ4v) is 7.16. The molecule has 0 aliphatic heterocycles. The molecule has 103 valence electrons. The zero-order valence-electron chi connectivity index (χ0n) is 11.8. The van der Waals surface area contributed by atoms with Gasteiger partial charge in [-0.2, -0.15) is 17.4 Å². The van der Waals surface area contributed by atoms with E-state index in [0.29, 0.717) is 5.92 Å². The van der Waals surface area contributed by atoms with Gasteiger partial charge in [-0.15, -0.1) is 6.42 Å². The van der Waals surface area contributed by atoms with Crippen LogP contribution in [0.3, 0.4) is 0 Å². The van der Waals surface area contributed by atoms with Crippen molar-refractivity contribution in [3.63, 3.8) is 0 Å². The summed E-state index contributed by atoms with van der Waals surface area (Å²) in [6.45, 7) is 9.47. The van der Waals surface area contributed by atoms with Crippen LogP contribution in [0, 0.1) is 6.08 Å². The van der Waals surface area contributed by atoms with Crippen molar-refractivity contribution in [2.24, 2.45) is 0 Å². The Labute approximate surface area is 149 Å². The Bertz CT molecular complexity index is 450. The van der Waals surface area contributed by atoms with Crippen LogP contribution in [-0.4, -0.2) is 8.07 Å². The second-order valence-corrected chi connectivity index (χ2v) is 10.7. The molecule has 0 nitrogen and oxygen atoms in total. The van der Waals surface area contributed by atoms with Crippen molar-refractivity contribution >= 4 is 23.9 Å². The first-order valence-electron chi connectivity index (χ1n) is 5.89. The van der Waals surface area contributed by atoms with Crippen molar-refractivity contribution in [2.45, 2.75) is 39.3 Å². The average Bonchev–Trinajstić information content (AvgIpc) is 2.89. The molecule has 0 saturated carbocycles. The summed E-state index contributed by atoms with van der Waals surface area (Å²) in [4.78, 5) is 0. The monoisotopic (exact) mass is 365 g/mol. The van der Waals surface area contributed by atoms with Crippen molar-refractivity contribution < 1.29 is 46.5 Å². The van der Waals surface area contributed by atoms with E-state index in [9.17, 15) is 0 Å². The molecule has 1 aromatic rings. The molecule has 0 fully saturated rings. The van der Waals surface area contributed by atoms with Crippen LogP contribution < -0.4 is 29.3 Å². The van der Waals surface area contributed by atoms with Gasteiger partial charge < -0.3 is 24.8 Å². The first-order chi connectivity index (χ1) is 7.53. The van der Waals surface area contributed by atoms with Crippen LogP contribution in [0.1, 0.15) is 31.7 Å². The summed E-state index contributed by atoms with van der Waals surface area (Å²) < 4.78 is 1.64. The molecule has 0 N–H and O–H groups in total. The first-order valence-corrected chi connectivity index (χ1v) is 9.77. The molecule has 5 heteroatoms. The fourth-order valence-electron chi connectivity index (χ4n) is 2.24. The van der Waals surface area contributed by atoms with E-state index < -0.39 is 8.07 Å². The third kappa shape index (κ3) is 4.59. The van der Waals surface area contributed by atoms with Gasteiger partial charge in [0.15, 0.2) is 0 Å². The zero-order valence-corrected chi connectivity index (χ0v) is 16.6. The van der Waals surface area contributed by atoms with E-state index in [-0.39, 0.29) is 46.5 Å². The Hall–Kier alpha value is 0.691. The van der Waals surface area contributed by atoms with Crippen LogP contribution in [0.5, 0.6) is 0 Å². The molecule has 0 bridgehead atoms. The number of hydrogen-bond donors (Lipinski definition) is 0. The summed E-state index contributed by atoms with van der Waals surface area (Å²) in [6, 6.07) is 2.30. The van der Waals surface area contributed by atoms with E-state index in [1.54, 1.807) is 10.1 Å². The smallest absolute Gasteiger partial charge is 1.00 e. The van der Waals surface area contributed by atoms with Crippen molar-refractivity contribution in [2.75, 3.05) is 0 Å². The van der Waals surface area contributed by atoms with Gasteiger partial charge >= 0.3 is 21.7 Å². The van der Waals surface area contributed by atoms with E-state index in [4.69, 9.17) is 0 Å². The van der Waals surface area contributed by atoms with Gasteiger partial charge in [-0.3, -0.25) is 6.08 Å². The zero-order chi connectivity index (χ0) is 11.8. The minimum absolute atomic E-state index is 0. The molecular formula is C14H19Cl2SSiTi. The molecule has 0 spiro atoms. The van der Waals surface area contributed by atoms with Gasteiger partial charge in [-0.25, -0.2) is 11.3 Å². The third-order valence-corrected chi connectivity index (χ3v) is 9.00. The standard InChI is InChI=1S/C14H19SSi.2ClH.Ti/c1-11(2)13-9-10-15-14(13)16(3,4)12-7-5-6-8-12;;;/h5,7,9-11H,6H2,1-4H3;2*1H;/q-1;;;+3/p-2. The maximum atomic E-state index is 3.53. The van der Waals surface area contributed by atoms with Crippen molar-refractivity contribution in [1.82, 2.24) is 0 Å². The Kier molecular flexibility index (Phi) is 10.3. The molecule has 0 amide bonds. The minimum Gasteiger partial charge on any atom is -1.00 e. The Morgan fingerprint density at radius 1 is 1.26 bits per heavy atom. The van der Waals surface area contributed by atoms with Crippen LogP contribution in [0.25, 0.3) is 0 Å². The van der Waals surface area contributed by atoms with E-state index in [1.807, 2.05) is 11.3 Å². The molecule has 0 aromatic carbocycles. The van der Waals surface area contributed by atoms with Crippen LogP contribution in [0.4, 0.5) is 0 Å². The number of halogens is 2. The molecule has 1 heterocycles. The van der Waals surface area contributed by atoms with Gasteiger partial charge in [-0.05, 0) is 27.4 Å². The molecule has 0 saturated heterocycles. The second kappa shape index (κ2) is 8.86. The van der Waals surface area contributed by atoms with Gasteiger partial charge in [-0.1, -0.05) is 26.9 Å². The van der Waals surface area contributed by atoms with Crippen LogP contribution >= 0.6 is 11.3 Å². The quantitative estimate of drug-likeness (QED) is 0.430. The van der Waals surface area contributed by atoms with Crippen molar-refractivity contribution in [3.8, 4) is 0 Å². The molecule has 19 heavy (non-hydrogen) atoms. The molecule has 1 aliphatic carbocycles. The Morgan fingerprint density at radius 2 is 1.89 bits per heavy atom. The first kappa shape index (κ1) is 22.0. The molecule has 2 rings (SSSR count). The van der Waals surface area contributed by atoms with Gasteiger partial charge in [0.25, 0.3) is 0 Å². The number of allylic oxidation sites excluding steroid dienone is 4. The van der Waals surface area contributed by atoms with Gasteiger partial charge in [0, 0.05) is 0 Å². The predicted octanol–water partition coefficient (Wildman–Crippen LogP) is -1.98. The second-order valence-electron chi connectivity index (χ2n) is 5.18. The molecule has 0 atom stereocenters. The minimum atomic E-state index is -1.46. The average molecular weight is 366 g/mol. The summed E-state index contributed by atoms with van der Waals surface area (Å²) in [7, 11) is -1.46. The van der Waals surface area contributed by atoms with E-state index in [2.05, 4.69) is 56.6 Å². The summed E-state index contributed by atoms with van der Waals surface area (Å²) in [5, 5.41) is 3.73. The van der Waals surface area contributed by atoms with Crippen LogP contribution in [0.15, 0.2) is 28.8 Å². The topological polar surface area (TPSA) is 0 Å². The van der Waals surface area contributed by atoms with Crippen LogP contribution in [0.2, 0.25) is 13.1 Å². The maximum absolute atomic E-state index is 3.53. The van der Waals surface area contributed by atoms with Gasteiger partial charge in [0.1, 0.15) is 0 Å². The Morgan fingerprint density at radius 3 is 2.37 bits per heavy atom. The van der Waals surface area contributed by atoms with Crippen molar-refractivity contribution in [1.29, 1.82) is 0 Å². The Balaban J connectivity index is 0. The van der Waals surface area contributed by atoms with Gasteiger partial charge in [0.2, 0.25) is 0 Å². The van der Waals surface area contributed by atoms with E-state index >= 15 is 0 Å². The van der Waals surface area contributed by atoms with Crippen molar-refractivity contribution in [3.05, 3.63) is 40.4 Å². The molecular weight excluding hydrogens is 347 g/mol. The van der Waals surface area contributed by atoms with E-state index in [0.717, 1.165) is 6.42 Å². The number of hydrogen-bond acceptors (Lipinski definition) is 1. The predicted molar refractivity (Wildman–Crippen MR) is 76.0 cm³/mol. The summed E-state index contributed by atoms with van der Waals surface area (Å²) >= 11 is 1.94. The summed E-state index contributed by atoms with van der Waals surface area (Å²) in [5.41, 5.74) is 1.55. The fraction of sp³-hybridized carbons (Fsp3) is 0.429. The van der Waals surface area contributed by atoms with E-state index in [1.165, 1.54) is 5.20 Å². The molecule has 1 radical (unpaired) electrons. The number of thiophene rings is 1. The third-order valence-electron chi connectivity index (χ3n) is 3.25. The summed E-state index contributed by atoms with van der Waals surface area (Å²) in [5.74, 6) is 0.638. The largest absolute Gasteiger partial charge is 3.00 e. The van der Waals surface area contributed by atoms with Gasteiger partial charge in [0.05, 0.1) is 8.07 Å². The normalized spacial score (nSPS) is 13.4. The summed E-state index contributed by atoms with van der Waals surface area (Å²) in [6.07, 6.45) is 9.05. The molecule has 1 aliphatic rings.